The van der Waals surface area contributed by atoms with Crippen LogP contribution >= 0.6 is 0 Å². The monoisotopic (exact) mass is 258 g/mol. The average molecular weight is 258 g/mol. The highest BCUT2D eigenvalue weighted by molar-refractivity contribution is 5.74. The van der Waals surface area contributed by atoms with E-state index in [1.807, 2.05) is 30.1 Å². The third kappa shape index (κ3) is 4.12. The van der Waals surface area contributed by atoms with Crippen molar-refractivity contribution in [2.45, 2.75) is 25.8 Å². The number of amides is 2. The molecule has 0 saturated heterocycles. The molecule has 0 radical (unpaired) electrons. The Kier molecular flexibility index (Phi) is 5.01. The van der Waals surface area contributed by atoms with Crippen molar-refractivity contribution in [2.75, 3.05) is 20.1 Å². The summed E-state index contributed by atoms with van der Waals surface area (Å²) >= 11 is 0. The summed E-state index contributed by atoms with van der Waals surface area (Å²) in [4.78, 5) is 16.1. The van der Waals surface area contributed by atoms with Gasteiger partial charge in [-0.3, -0.25) is 0 Å². The molecule has 0 bridgehead atoms. The van der Waals surface area contributed by atoms with Crippen LogP contribution in [0.15, 0.2) is 42.5 Å². The SMILES string of the molecule is CN1C/C=C\CCCCN(Cc2ccccc2)C1=O. The lowest BCUT2D eigenvalue weighted by Gasteiger charge is -2.28. The Morgan fingerprint density at radius 2 is 1.89 bits per heavy atom. The van der Waals surface area contributed by atoms with Gasteiger partial charge in [-0.25, -0.2) is 4.79 Å². The van der Waals surface area contributed by atoms with Crippen LogP contribution in [0.1, 0.15) is 24.8 Å². The highest BCUT2D eigenvalue weighted by Crippen LogP contribution is 2.10. The summed E-state index contributed by atoms with van der Waals surface area (Å²) in [6, 6.07) is 10.3. The van der Waals surface area contributed by atoms with Gasteiger partial charge in [-0.2, -0.15) is 0 Å². The van der Waals surface area contributed by atoms with Crippen molar-refractivity contribution < 1.29 is 4.79 Å². The van der Waals surface area contributed by atoms with Gasteiger partial charge in [0.25, 0.3) is 0 Å². The lowest BCUT2D eigenvalue weighted by atomic mass is 10.2. The number of likely N-dealkylation sites (N-methyl/N-ethyl adjacent to an activating group) is 1. The molecule has 2 amide bonds. The van der Waals surface area contributed by atoms with Gasteiger partial charge in [0.1, 0.15) is 0 Å². The molecule has 0 unspecified atom stereocenters. The average Bonchev–Trinajstić information content (AvgIpc) is 2.44. The van der Waals surface area contributed by atoms with E-state index in [2.05, 4.69) is 24.3 Å². The van der Waals surface area contributed by atoms with Crippen LogP contribution in [0.5, 0.6) is 0 Å². The van der Waals surface area contributed by atoms with Crippen molar-refractivity contribution in [1.29, 1.82) is 0 Å². The van der Waals surface area contributed by atoms with Gasteiger partial charge in [0, 0.05) is 26.7 Å². The minimum absolute atomic E-state index is 0.121. The summed E-state index contributed by atoms with van der Waals surface area (Å²) in [5.74, 6) is 0. The molecular weight excluding hydrogens is 236 g/mol. The van der Waals surface area contributed by atoms with Crippen molar-refractivity contribution >= 4 is 6.03 Å². The van der Waals surface area contributed by atoms with Crippen LogP contribution in [0, 0.1) is 0 Å². The normalized spacial score (nSPS) is 19.3. The van der Waals surface area contributed by atoms with E-state index in [9.17, 15) is 4.79 Å². The van der Waals surface area contributed by atoms with Crippen LogP contribution in [-0.2, 0) is 6.54 Å². The van der Waals surface area contributed by atoms with Gasteiger partial charge in [0.2, 0.25) is 0 Å². The number of rotatable bonds is 2. The second kappa shape index (κ2) is 6.98. The Balaban J connectivity index is 2.06. The number of carbonyl (C=O) groups is 1. The Morgan fingerprint density at radius 1 is 1.11 bits per heavy atom. The van der Waals surface area contributed by atoms with E-state index in [4.69, 9.17) is 0 Å². The van der Waals surface area contributed by atoms with Crippen molar-refractivity contribution in [3.63, 3.8) is 0 Å². The topological polar surface area (TPSA) is 23.6 Å². The fourth-order valence-electron chi connectivity index (χ4n) is 2.28. The van der Waals surface area contributed by atoms with Crippen molar-refractivity contribution in [3.8, 4) is 0 Å². The fraction of sp³-hybridized carbons (Fsp3) is 0.438. The molecule has 1 aromatic carbocycles. The third-order valence-electron chi connectivity index (χ3n) is 3.41. The summed E-state index contributed by atoms with van der Waals surface area (Å²) < 4.78 is 0. The van der Waals surface area contributed by atoms with Crippen molar-refractivity contribution in [3.05, 3.63) is 48.0 Å². The minimum atomic E-state index is 0.121. The number of hydrogen-bond donors (Lipinski definition) is 0. The maximum absolute atomic E-state index is 12.4. The third-order valence-corrected chi connectivity index (χ3v) is 3.41. The van der Waals surface area contributed by atoms with Gasteiger partial charge in [0.15, 0.2) is 0 Å². The van der Waals surface area contributed by atoms with E-state index in [-0.39, 0.29) is 6.03 Å². The van der Waals surface area contributed by atoms with Crippen LogP contribution in [0.25, 0.3) is 0 Å². The minimum Gasteiger partial charge on any atom is -0.324 e. The summed E-state index contributed by atoms with van der Waals surface area (Å²) in [5, 5.41) is 0. The first-order chi connectivity index (χ1) is 9.27. The number of hydrogen-bond acceptors (Lipinski definition) is 1. The lowest BCUT2D eigenvalue weighted by Crippen LogP contribution is -2.41. The van der Waals surface area contributed by atoms with Gasteiger partial charge >= 0.3 is 6.03 Å². The molecule has 0 fully saturated rings. The first-order valence-corrected chi connectivity index (χ1v) is 6.96. The molecule has 1 aromatic rings. The molecule has 0 N–H and O–H groups in total. The molecule has 0 aliphatic carbocycles. The van der Waals surface area contributed by atoms with Crippen LogP contribution in [0.3, 0.4) is 0 Å². The highest BCUT2D eigenvalue weighted by Gasteiger charge is 2.17. The quantitative estimate of drug-likeness (QED) is 0.747. The van der Waals surface area contributed by atoms with Crippen LogP contribution in [-0.4, -0.2) is 36.0 Å². The zero-order chi connectivity index (χ0) is 13.5. The van der Waals surface area contributed by atoms with Crippen LogP contribution in [0.4, 0.5) is 4.79 Å². The second-order valence-electron chi connectivity index (χ2n) is 5.04. The first-order valence-electron chi connectivity index (χ1n) is 6.96. The maximum atomic E-state index is 12.4. The molecule has 0 spiro atoms. The van der Waals surface area contributed by atoms with E-state index >= 15 is 0 Å². The molecule has 1 aliphatic heterocycles. The molecule has 102 valence electrons. The van der Waals surface area contributed by atoms with Gasteiger partial charge < -0.3 is 9.80 Å². The summed E-state index contributed by atoms with van der Waals surface area (Å²) in [5.41, 5.74) is 1.19. The van der Waals surface area contributed by atoms with E-state index in [0.29, 0.717) is 13.1 Å². The van der Waals surface area contributed by atoms with Gasteiger partial charge in [-0.05, 0) is 24.8 Å². The van der Waals surface area contributed by atoms with E-state index in [0.717, 1.165) is 25.8 Å². The van der Waals surface area contributed by atoms with Crippen molar-refractivity contribution in [1.82, 2.24) is 9.80 Å². The number of nitrogens with zero attached hydrogens (tertiary/aromatic N) is 2. The van der Waals surface area contributed by atoms with Crippen LogP contribution in [0.2, 0.25) is 0 Å². The van der Waals surface area contributed by atoms with Crippen molar-refractivity contribution in [2.24, 2.45) is 0 Å². The zero-order valence-corrected chi connectivity index (χ0v) is 11.6. The summed E-state index contributed by atoms with van der Waals surface area (Å²) in [6.07, 6.45) is 7.59. The van der Waals surface area contributed by atoms with Crippen LogP contribution < -0.4 is 0 Å². The number of carbonyl (C=O) groups excluding carboxylic acids is 1. The number of urea groups is 1. The largest absolute Gasteiger partial charge is 0.324 e. The standard InChI is InChI=1S/C16H22N2O/c1-17-12-8-3-2-4-9-13-18(16(17)19)14-15-10-6-5-7-11-15/h3,5-8,10-11H,2,4,9,12-14H2,1H3/b8-3-. The van der Waals surface area contributed by atoms with Gasteiger partial charge in [-0.15, -0.1) is 0 Å². The van der Waals surface area contributed by atoms with E-state index in [1.165, 1.54) is 5.56 Å². The second-order valence-corrected chi connectivity index (χ2v) is 5.04. The number of benzene rings is 1. The first kappa shape index (κ1) is 13.7. The highest BCUT2D eigenvalue weighted by atomic mass is 16.2. The zero-order valence-electron chi connectivity index (χ0n) is 11.6. The molecule has 1 heterocycles. The Morgan fingerprint density at radius 3 is 2.68 bits per heavy atom. The smallest absolute Gasteiger partial charge is 0.320 e. The number of allylic oxidation sites excluding steroid dienone is 1. The molecule has 3 nitrogen and oxygen atoms in total. The maximum Gasteiger partial charge on any atom is 0.320 e. The lowest BCUT2D eigenvalue weighted by molar-refractivity contribution is 0.162. The van der Waals surface area contributed by atoms with Gasteiger partial charge in [-0.1, -0.05) is 42.5 Å². The predicted octanol–water partition coefficient (Wildman–Crippen LogP) is 3.28. The molecule has 1 aliphatic rings. The summed E-state index contributed by atoms with van der Waals surface area (Å²) in [6.45, 7) is 2.24. The van der Waals surface area contributed by atoms with E-state index in [1.54, 1.807) is 4.90 Å². The molecule has 3 heteroatoms. The Labute approximate surface area is 115 Å². The molecular formula is C16H22N2O. The molecule has 2 rings (SSSR count). The summed E-state index contributed by atoms with van der Waals surface area (Å²) in [7, 11) is 1.87. The molecule has 0 atom stereocenters. The molecule has 0 saturated carbocycles. The van der Waals surface area contributed by atoms with E-state index < -0.39 is 0 Å². The Bertz CT molecular complexity index is 428. The Hall–Kier alpha value is -1.77. The molecule has 0 aromatic heterocycles. The predicted molar refractivity (Wildman–Crippen MR) is 77.9 cm³/mol. The van der Waals surface area contributed by atoms with Gasteiger partial charge in [0.05, 0.1) is 0 Å². The molecule has 19 heavy (non-hydrogen) atoms. The fourth-order valence-corrected chi connectivity index (χ4v) is 2.28.